The molecule has 0 bridgehead atoms. The molecule has 0 N–H and O–H groups in total. The first-order valence-electron chi connectivity index (χ1n) is 11.1. The monoisotopic (exact) mass is 447 g/mol. The molecule has 0 aliphatic rings. The summed E-state index contributed by atoms with van der Waals surface area (Å²) in [6.45, 7) is 26.9. The van der Waals surface area contributed by atoms with Crippen molar-refractivity contribution in [3.8, 4) is 0 Å². The normalized spacial score (nSPS) is 13.9. The van der Waals surface area contributed by atoms with Gasteiger partial charge in [0.15, 0.2) is 8.32 Å². The fourth-order valence-corrected chi connectivity index (χ4v) is 12.4. The summed E-state index contributed by atoms with van der Waals surface area (Å²) in [5.74, 6) is 0.0117. The maximum absolute atomic E-state index is 12.9. The van der Waals surface area contributed by atoms with Crippen LogP contribution >= 0.6 is 0 Å². The lowest BCUT2D eigenvalue weighted by atomic mass is 10.4. The van der Waals surface area contributed by atoms with E-state index in [4.69, 9.17) is 8.85 Å². The molecule has 168 valence electrons. The highest BCUT2D eigenvalue weighted by molar-refractivity contribution is 6.79. The van der Waals surface area contributed by atoms with E-state index in [0.717, 1.165) is 19.5 Å². The van der Waals surface area contributed by atoms with Crippen molar-refractivity contribution in [2.24, 2.45) is 0 Å². The van der Waals surface area contributed by atoms with E-state index in [1.54, 1.807) is 0 Å². The van der Waals surface area contributed by atoms with Crippen LogP contribution in [0, 0.1) is 0 Å². The number of carbonyl (C=O) groups is 1. The molecule has 0 radical (unpaired) electrons. The van der Waals surface area contributed by atoms with Crippen LogP contribution < -0.4 is 0 Å². The molecule has 0 aliphatic heterocycles. The second kappa shape index (κ2) is 11.4. The quantitative estimate of drug-likeness (QED) is 0.303. The summed E-state index contributed by atoms with van der Waals surface area (Å²) in [7, 11) is -3.28. The fourth-order valence-electron chi connectivity index (χ4n) is 4.41. The lowest BCUT2D eigenvalue weighted by molar-refractivity contribution is -0.135. The summed E-state index contributed by atoms with van der Waals surface area (Å²) in [6, 6.07) is 1.17. The van der Waals surface area contributed by atoms with Gasteiger partial charge in [-0.15, -0.1) is 0 Å². The average molecular weight is 448 g/mol. The van der Waals surface area contributed by atoms with Gasteiger partial charge in [0.2, 0.25) is 0 Å². The number of hydrogen-bond donors (Lipinski definition) is 0. The summed E-state index contributed by atoms with van der Waals surface area (Å²) in [5, 5.41) is 0. The van der Waals surface area contributed by atoms with Gasteiger partial charge in [0.25, 0.3) is 14.3 Å². The molecule has 0 fully saturated rings. The fraction of sp³-hybridized carbons (Fsp3) is 0.952. The third-order valence-electron chi connectivity index (χ3n) is 6.29. The minimum absolute atomic E-state index is 0.0117. The lowest BCUT2D eigenvalue weighted by Crippen LogP contribution is -2.51. The van der Waals surface area contributed by atoms with Gasteiger partial charge < -0.3 is 13.4 Å². The van der Waals surface area contributed by atoms with E-state index in [1.165, 1.54) is 6.04 Å². The van der Waals surface area contributed by atoms with Crippen LogP contribution in [-0.4, -0.2) is 55.6 Å². The van der Waals surface area contributed by atoms with Crippen LogP contribution in [0.15, 0.2) is 0 Å². The van der Waals surface area contributed by atoms with E-state index in [-0.39, 0.29) is 5.97 Å². The summed E-state index contributed by atoms with van der Waals surface area (Å²) < 4.78 is 14.6. The van der Waals surface area contributed by atoms with E-state index in [0.29, 0.717) is 23.0 Å². The molecular formula is C21H49NO3Si3. The average Bonchev–Trinajstić information content (AvgIpc) is 2.53. The van der Waals surface area contributed by atoms with Crippen LogP contribution in [0.4, 0.5) is 0 Å². The van der Waals surface area contributed by atoms with Crippen molar-refractivity contribution >= 4 is 30.8 Å². The second-order valence-electron chi connectivity index (χ2n) is 10.8. The predicted octanol–water partition coefficient (Wildman–Crippen LogP) is 6.47. The molecule has 0 unspecified atom stereocenters. The molecule has 0 saturated heterocycles. The highest BCUT2D eigenvalue weighted by Gasteiger charge is 2.48. The van der Waals surface area contributed by atoms with Gasteiger partial charge in [-0.25, -0.2) is 0 Å². The minimum atomic E-state index is -2.13. The number of hydrogen-bond acceptors (Lipinski definition) is 4. The van der Waals surface area contributed by atoms with E-state index >= 15 is 0 Å². The molecule has 0 aliphatic carbocycles. The van der Waals surface area contributed by atoms with E-state index in [2.05, 4.69) is 78.8 Å². The van der Waals surface area contributed by atoms with Crippen molar-refractivity contribution in [2.45, 2.75) is 110 Å². The second-order valence-corrected chi connectivity index (χ2v) is 25.5. The van der Waals surface area contributed by atoms with E-state index in [1.807, 2.05) is 7.11 Å². The van der Waals surface area contributed by atoms with Crippen molar-refractivity contribution in [2.75, 3.05) is 20.2 Å². The Morgan fingerprint density at radius 1 is 0.857 bits per heavy atom. The zero-order chi connectivity index (χ0) is 22.3. The van der Waals surface area contributed by atoms with Crippen molar-refractivity contribution in [3.63, 3.8) is 0 Å². The van der Waals surface area contributed by atoms with Crippen LogP contribution in [-0.2, 0) is 13.6 Å². The van der Waals surface area contributed by atoms with Crippen molar-refractivity contribution < 1.29 is 13.6 Å². The summed E-state index contributed by atoms with van der Waals surface area (Å²) in [4.78, 5) is 12.9. The number of nitrogens with zero attached hydrogens (tertiary/aromatic N) is 1. The maximum atomic E-state index is 12.9. The number of carbonyl (C=O) groups excluding carboxylic acids is 1. The molecule has 4 nitrogen and oxygen atoms in total. The highest BCUT2D eigenvalue weighted by Crippen LogP contribution is 2.42. The van der Waals surface area contributed by atoms with Gasteiger partial charge in [-0.2, -0.15) is 0 Å². The Labute approximate surface area is 179 Å². The van der Waals surface area contributed by atoms with Gasteiger partial charge in [0.05, 0.1) is 6.42 Å². The van der Waals surface area contributed by atoms with Crippen LogP contribution in [0.25, 0.3) is 0 Å². The molecule has 0 rings (SSSR count). The zero-order valence-corrected chi connectivity index (χ0v) is 23.9. The molecule has 0 amide bonds. The largest absolute Gasteiger partial charge is 0.518 e. The molecule has 0 aromatic carbocycles. The van der Waals surface area contributed by atoms with Crippen molar-refractivity contribution in [3.05, 3.63) is 0 Å². The van der Waals surface area contributed by atoms with Crippen molar-refractivity contribution in [1.82, 2.24) is 4.57 Å². The van der Waals surface area contributed by atoms with Crippen molar-refractivity contribution in [1.29, 1.82) is 0 Å². The topological polar surface area (TPSA) is 38.8 Å². The molecule has 0 saturated carbocycles. The van der Waals surface area contributed by atoms with Crippen LogP contribution in [0.2, 0.25) is 55.4 Å². The molecule has 0 atom stereocenters. The van der Waals surface area contributed by atoms with Crippen LogP contribution in [0.5, 0.6) is 0 Å². The Kier molecular flexibility index (Phi) is 11.5. The lowest BCUT2D eigenvalue weighted by Gasteiger charge is -2.41. The molecule has 28 heavy (non-hydrogen) atoms. The molecular weight excluding hydrogens is 398 g/mol. The van der Waals surface area contributed by atoms with Gasteiger partial charge in [0, 0.05) is 13.7 Å². The van der Waals surface area contributed by atoms with Gasteiger partial charge in [-0.1, -0.05) is 61.2 Å². The SMILES string of the molecule is CO[Si](C)(C)CCCN(CCC(=O)O[Si](C(C)C)(C(C)C)C(C)C)[Si](C)(C)C. The van der Waals surface area contributed by atoms with Crippen LogP contribution in [0.1, 0.15) is 54.4 Å². The Morgan fingerprint density at radius 3 is 1.68 bits per heavy atom. The summed E-state index contributed by atoms with van der Waals surface area (Å²) in [5.41, 5.74) is 1.31. The van der Waals surface area contributed by atoms with E-state index in [9.17, 15) is 4.79 Å². The summed E-state index contributed by atoms with van der Waals surface area (Å²) in [6.07, 6.45) is 1.66. The Bertz CT molecular complexity index is 452. The number of rotatable bonds is 13. The Hall–Kier alpha value is 0.0406. The van der Waals surface area contributed by atoms with Gasteiger partial charge >= 0.3 is 0 Å². The Balaban J connectivity index is 4.99. The zero-order valence-electron chi connectivity index (χ0n) is 20.9. The van der Waals surface area contributed by atoms with Gasteiger partial charge in [-0.3, -0.25) is 4.79 Å². The smallest absolute Gasteiger partial charge is 0.293 e. The first kappa shape index (κ1) is 28.0. The maximum Gasteiger partial charge on any atom is 0.293 e. The predicted molar refractivity (Wildman–Crippen MR) is 131 cm³/mol. The third kappa shape index (κ3) is 8.42. The third-order valence-corrected chi connectivity index (χ3v) is 17.3. The summed E-state index contributed by atoms with van der Waals surface area (Å²) >= 11 is 0. The first-order chi connectivity index (χ1) is 12.6. The molecule has 0 spiro atoms. The molecule has 0 aromatic heterocycles. The Morgan fingerprint density at radius 2 is 1.32 bits per heavy atom. The minimum Gasteiger partial charge on any atom is -0.518 e. The molecule has 7 heteroatoms. The highest BCUT2D eigenvalue weighted by atomic mass is 28.4. The standard InChI is InChI=1S/C21H49NO3Si3/c1-18(2)28(19(3)4,20(5)6)25-21(23)14-16-22(26(8,9)10)15-13-17-27(11,12)24-7/h18-20H,13-17H2,1-12H3. The van der Waals surface area contributed by atoms with E-state index < -0.39 is 24.9 Å². The van der Waals surface area contributed by atoms with Gasteiger partial charge in [0.1, 0.15) is 8.24 Å². The first-order valence-corrected chi connectivity index (χ1v) is 19.8. The molecule has 0 aromatic rings. The van der Waals surface area contributed by atoms with Crippen LogP contribution in [0.3, 0.4) is 0 Å². The van der Waals surface area contributed by atoms with Gasteiger partial charge in [-0.05, 0) is 48.7 Å². The molecule has 0 heterocycles.